The molecule has 2 heteroatoms. The summed E-state index contributed by atoms with van der Waals surface area (Å²) >= 11 is 0. The summed E-state index contributed by atoms with van der Waals surface area (Å²) in [5.41, 5.74) is 0. The maximum absolute atomic E-state index is 2.41. The van der Waals surface area contributed by atoms with Crippen molar-refractivity contribution in [2.75, 3.05) is 5.90 Å². The molecule has 0 amide bonds. The van der Waals surface area contributed by atoms with Crippen molar-refractivity contribution in [2.45, 2.75) is 51.9 Å². The highest BCUT2D eigenvalue weighted by atomic mass is 32.1. The van der Waals surface area contributed by atoms with Gasteiger partial charge < -0.3 is 0 Å². The predicted octanol–water partition coefficient (Wildman–Crippen LogP) is 4.43. The van der Waals surface area contributed by atoms with Crippen molar-refractivity contribution in [3.05, 3.63) is 0 Å². The van der Waals surface area contributed by atoms with Crippen molar-refractivity contribution < 1.29 is 0 Å². The lowest BCUT2D eigenvalue weighted by Gasteiger charge is -2.24. The van der Waals surface area contributed by atoms with Gasteiger partial charge in [0.2, 0.25) is 0 Å². The largest absolute Gasteiger partial charge is 0.0699 e. The number of hydrogen-bond donors (Lipinski definition) is 0. The molecular weight excluding hydrogens is 170 g/mol. The van der Waals surface area contributed by atoms with Crippen molar-refractivity contribution in [1.82, 2.24) is 0 Å². The molecule has 2 unspecified atom stereocenters. The van der Waals surface area contributed by atoms with Crippen LogP contribution in [0.2, 0.25) is 0 Å². The molecule has 0 aromatic carbocycles. The van der Waals surface area contributed by atoms with E-state index in [9.17, 15) is 0 Å². The first-order valence-electron chi connectivity index (χ1n) is 4.28. The quantitative estimate of drug-likeness (QED) is 0.495. The molecule has 0 N–H and O–H groups in total. The number of hydrogen-bond acceptors (Lipinski definition) is 0. The maximum Gasteiger partial charge on any atom is -0.00329 e. The first-order valence-corrected chi connectivity index (χ1v) is 8.04. The van der Waals surface area contributed by atoms with Gasteiger partial charge in [0, 0.05) is 0 Å². The Morgan fingerprint density at radius 1 is 0.727 bits per heavy atom. The van der Waals surface area contributed by atoms with E-state index in [1.54, 1.807) is 5.90 Å². The molecule has 2 atom stereocenters. The zero-order chi connectivity index (χ0) is 8.86. The van der Waals surface area contributed by atoms with Crippen LogP contribution in [-0.2, 0) is 0 Å². The van der Waals surface area contributed by atoms with Crippen LogP contribution in [-0.4, -0.2) is 16.2 Å². The van der Waals surface area contributed by atoms with E-state index in [1.165, 1.54) is 0 Å². The highest BCUT2D eigenvalue weighted by Gasteiger charge is 2.49. The molecule has 0 bridgehead atoms. The molecule has 1 aliphatic heterocycles. The standard InChI is InChI=1S/C9H20P2/c1-8(2,3)10-7-11(10)9(4,5)6/h7H2,1-6H3. The molecule has 0 aliphatic carbocycles. The Morgan fingerprint density at radius 2 is 1.00 bits per heavy atom. The molecule has 0 spiro atoms. The van der Waals surface area contributed by atoms with Crippen LogP contribution in [0.4, 0.5) is 0 Å². The third-order valence-corrected chi connectivity index (χ3v) is 12.5. The zero-order valence-corrected chi connectivity index (χ0v) is 10.4. The van der Waals surface area contributed by atoms with Gasteiger partial charge in [0.05, 0.1) is 0 Å². The molecular formula is C9H20P2. The van der Waals surface area contributed by atoms with Gasteiger partial charge in [-0.15, -0.1) is 0 Å². The molecule has 11 heavy (non-hydrogen) atoms. The van der Waals surface area contributed by atoms with E-state index in [2.05, 4.69) is 41.5 Å². The van der Waals surface area contributed by atoms with Gasteiger partial charge >= 0.3 is 0 Å². The topological polar surface area (TPSA) is 0 Å². The van der Waals surface area contributed by atoms with Gasteiger partial charge in [-0.05, 0) is 16.2 Å². The second kappa shape index (κ2) is 2.68. The molecule has 1 rings (SSSR count). The van der Waals surface area contributed by atoms with Gasteiger partial charge in [0.1, 0.15) is 0 Å². The minimum Gasteiger partial charge on any atom is -0.0699 e. The van der Waals surface area contributed by atoms with Crippen molar-refractivity contribution in [2.24, 2.45) is 0 Å². The molecule has 66 valence electrons. The summed E-state index contributed by atoms with van der Waals surface area (Å²) in [6, 6.07) is 0. The van der Waals surface area contributed by atoms with E-state index in [1.807, 2.05) is 0 Å². The Balaban J connectivity index is 2.51. The summed E-state index contributed by atoms with van der Waals surface area (Å²) in [5, 5.41) is 1.27. The van der Waals surface area contributed by atoms with E-state index in [4.69, 9.17) is 0 Å². The molecule has 1 fully saturated rings. The molecule has 0 aromatic rings. The van der Waals surface area contributed by atoms with E-state index in [-0.39, 0.29) is 0 Å². The van der Waals surface area contributed by atoms with Gasteiger partial charge in [0.15, 0.2) is 0 Å². The molecule has 0 nitrogen and oxygen atoms in total. The lowest BCUT2D eigenvalue weighted by Crippen LogP contribution is -2.07. The summed E-state index contributed by atoms with van der Waals surface area (Å²) in [6.45, 7) is 14.5. The first-order chi connectivity index (χ1) is 4.73. The lowest BCUT2D eigenvalue weighted by atomic mass is 10.3. The van der Waals surface area contributed by atoms with Crippen LogP contribution in [0, 0.1) is 0 Å². The fourth-order valence-corrected chi connectivity index (χ4v) is 12.4. The highest BCUT2D eigenvalue weighted by Crippen LogP contribution is 2.97. The SMILES string of the molecule is CC(C)(C)P1CP1C(C)(C)C. The van der Waals surface area contributed by atoms with Crippen LogP contribution < -0.4 is 0 Å². The third-order valence-electron chi connectivity index (χ3n) is 2.02. The predicted molar refractivity (Wildman–Crippen MR) is 58.2 cm³/mol. The lowest BCUT2D eigenvalue weighted by molar-refractivity contribution is 0.788. The Labute approximate surface area is 73.5 Å². The Bertz CT molecular complexity index is 132. The minimum atomic E-state index is 0.422. The Morgan fingerprint density at radius 3 is 1.09 bits per heavy atom. The van der Waals surface area contributed by atoms with Crippen molar-refractivity contribution in [1.29, 1.82) is 0 Å². The van der Waals surface area contributed by atoms with Gasteiger partial charge in [0.25, 0.3) is 0 Å². The van der Waals surface area contributed by atoms with Gasteiger partial charge in [-0.3, -0.25) is 0 Å². The van der Waals surface area contributed by atoms with Crippen LogP contribution in [0.1, 0.15) is 41.5 Å². The zero-order valence-electron chi connectivity index (χ0n) is 8.60. The average Bonchev–Trinajstić information content (AvgIpc) is 2.30. The summed E-state index contributed by atoms with van der Waals surface area (Å²) in [5.74, 6) is 1.58. The first kappa shape index (κ1) is 9.94. The molecule has 1 heterocycles. The van der Waals surface area contributed by atoms with Crippen molar-refractivity contribution >= 4 is 15.2 Å². The fraction of sp³-hybridized carbons (Fsp3) is 1.00. The molecule has 0 saturated carbocycles. The second-order valence-corrected chi connectivity index (χ2v) is 13.6. The van der Waals surface area contributed by atoms with E-state index in [0.29, 0.717) is 25.5 Å². The van der Waals surface area contributed by atoms with Crippen LogP contribution >= 0.6 is 15.2 Å². The number of rotatable bonds is 0. The summed E-state index contributed by atoms with van der Waals surface area (Å²) in [4.78, 5) is 0. The van der Waals surface area contributed by atoms with Crippen LogP contribution in [0.5, 0.6) is 0 Å². The smallest absolute Gasteiger partial charge is 0.00329 e. The average molecular weight is 190 g/mol. The minimum absolute atomic E-state index is 0.422. The third kappa shape index (κ3) is 2.40. The second-order valence-electron chi connectivity index (χ2n) is 5.28. The monoisotopic (exact) mass is 190 g/mol. The summed E-state index contributed by atoms with van der Waals surface area (Å²) < 4.78 is 0. The molecule has 0 radical (unpaired) electrons. The van der Waals surface area contributed by atoms with Crippen molar-refractivity contribution in [3.63, 3.8) is 0 Å². The maximum atomic E-state index is 2.41. The van der Waals surface area contributed by atoms with Gasteiger partial charge in [-0.25, -0.2) is 0 Å². The van der Waals surface area contributed by atoms with Crippen LogP contribution in [0.25, 0.3) is 0 Å². The van der Waals surface area contributed by atoms with E-state index >= 15 is 0 Å². The normalized spacial score (nSPS) is 32.2. The van der Waals surface area contributed by atoms with Gasteiger partial charge in [-0.2, -0.15) is 0 Å². The van der Waals surface area contributed by atoms with Crippen LogP contribution in [0.15, 0.2) is 0 Å². The summed E-state index contributed by atoms with van der Waals surface area (Å²) in [6.07, 6.45) is 0. The van der Waals surface area contributed by atoms with E-state index in [0.717, 1.165) is 0 Å². The Hall–Kier alpha value is 0.860. The molecule has 0 aromatic heterocycles. The summed E-state index contributed by atoms with van der Waals surface area (Å²) in [7, 11) is 0.844. The van der Waals surface area contributed by atoms with Crippen molar-refractivity contribution in [3.8, 4) is 0 Å². The highest BCUT2D eigenvalue weighted by molar-refractivity contribution is 8.46. The Kier molecular flexibility index (Phi) is 2.42. The molecule has 1 aliphatic rings. The molecule has 1 saturated heterocycles. The van der Waals surface area contributed by atoms with Gasteiger partial charge in [-0.1, -0.05) is 56.8 Å². The van der Waals surface area contributed by atoms with Crippen LogP contribution in [0.3, 0.4) is 0 Å². The fourth-order valence-electron chi connectivity index (χ4n) is 1.25. The van der Waals surface area contributed by atoms with E-state index < -0.39 is 0 Å².